The fourth-order valence-corrected chi connectivity index (χ4v) is 5.99. The predicted molar refractivity (Wildman–Crippen MR) is 156 cm³/mol. The maximum atomic E-state index is 11.6. The van der Waals surface area contributed by atoms with E-state index < -0.39 is 10.8 Å². The van der Waals surface area contributed by atoms with Gasteiger partial charge in [0.15, 0.2) is 0 Å². The molecule has 39 heavy (non-hydrogen) atoms. The SMILES string of the molecule is CC(C)c1onc(C2C(Cl)=CC=C[C@@]2(C)Cl)c1COc1ccc(-c2ccc3c(C(=O)O)cccc3c2)c(Cl)c1. The average Bonchev–Trinajstić information content (AvgIpc) is 3.29. The van der Waals surface area contributed by atoms with Gasteiger partial charge in [-0.3, -0.25) is 0 Å². The molecule has 200 valence electrons. The minimum absolute atomic E-state index is 0.0776. The van der Waals surface area contributed by atoms with Crippen LogP contribution in [0.4, 0.5) is 0 Å². The lowest BCUT2D eigenvalue weighted by molar-refractivity contribution is 0.0699. The van der Waals surface area contributed by atoms with Gasteiger partial charge in [-0.1, -0.05) is 78.6 Å². The van der Waals surface area contributed by atoms with Crippen LogP contribution in [0, 0.1) is 0 Å². The lowest BCUT2D eigenvalue weighted by Gasteiger charge is -2.30. The third-order valence-corrected chi connectivity index (χ3v) is 7.91. The first-order valence-corrected chi connectivity index (χ1v) is 13.6. The van der Waals surface area contributed by atoms with Gasteiger partial charge in [0.2, 0.25) is 0 Å². The quantitative estimate of drug-likeness (QED) is 0.220. The number of alkyl halides is 1. The van der Waals surface area contributed by atoms with Crippen molar-refractivity contribution in [3.63, 3.8) is 0 Å². The van der Waals surface area contributed by atoms with Gasteiger partial charge in [0.1, 0.15) is 23.8 Å². The zero-order valence-corrected chi connectivity index (χ0v) is 23.8. The van der Waals surface area contributed by atoms with Crippen molar-refractivity contribution in [3.8, 4) is 16.9 Å². The number of nitrogens with zero attached hydrogens (tertiary/aromatic N) is 1. The van der Waals surface area contributed by atoms with Crippen LogP contribution in [0.5, 0.6) is 5.75 Å². The topological polar surface area (TPSA) is 72.6 Å². The van der Waals surface area contributed by atoms with Crippen molar-refractivity contribution in [3.05, 3.63) is 105 Å². The fourth-order valence-electron chi connectivity index (χ4n) is 4.96. The number of rotatable bonds is 7. The first-order chi connectivity index (χ1) is 18.6. The zero-order valence-electron chi connectivity index (χ0n) is 21.5. The Hall–Kier alpha value is -3.25. The highest BCUT2D eigenvalue weighted by Gasteiger charge is 2.40. The number of carbonyl (C=O) groups is 1. The molecule has 1 N–H and O–H groups in total. The second-order valence-electron chi connectivity index (χ2n) is 10.0. The molecular weight excluding hydrogens is 557 g/mol. The maximum Gasteiger partial charge on any atom is 0.336 e. The van der Waals surface area contributed by atoms with Crippen LogP contribution in [-0.2, 0) is 6.61 Å². The van der Waals surface area contributed by atoms with Gasteiger partial charge in [-0.05, 0) is 59.7 Å². The number of hydrogen-bond donors (Lipinski definition) is 1. The summed E-state index contributed by atoms with van der Waals surface area (Å²) in [6, 6.07) is 16.3. The second-order valence-corrected chi connectivity index (χ2v) is 11.7. The van der Waals surface area contributed by atoms with Gasteiger partial charge in [-0.2, -0.15) is 0 Å². The monoisotopic (exact) mass is 581 g/mol. The molecule has 1 aliphatic rings. The van der Waals surface area contributed by atoms with E-state index >= 15 is 0 Å². The molecule has 5 rings (SSSR count). The molecule has 0 aliphatic heterocycles. The van der Waals surface area contributed by atoms with Gasteiger partial charge in [-0.15, -0.1) is 11.6 Å². The number of ether oxygens (including phenoxy) is 1. The van der Waals surface area contributed by atoms with E-state index in [1.54, 1.807) is 24.3 Å². The lowest BCUT2D eigenvalue weighted by Crippen LogP contribution is -2.28. The summed E-state index contributed by atoms with van der Waals surface area (Å²) < 4.78 is 11.9. The number of benzene rings is 3. The molecule has 1 heterocycles. The van der Waals surface area contributed by atoms with Crippen LogP contribution < -0.4 is 4.74 Å². The molecule has 0 radical (unpaired) electrons. The summed E-state index contributed by atoms with van der Waals surface area (Å²) >= 11 is 20.1. The van der Waals surface area contributed by atoms with E-state index in [-0.39, 0.29) is 24.0 Å². The summed E-state index contributed by atoms with van der Waals surface area (Å²) in [6.45, 7) is 6.15. The first-order valence-electron chi connectivity index (χ1n) is 12.5. The van der Waals surface area contributed by atoms with E-state index in [2.05, 4.69) is 5.16 Å². The van der Waals surface area contributed by atoms with Gasteiger partial charge in [0, 0.05) is 16.5 Å². The number of allylic oxidation sites excluding steroid dienone is 4. The van der Waals surface area contributed by atoms with Crippen LogP contribution in [0.1, 0.15) is 60.0 Å². The molecule has 0 spiro atoms. The molecule has 1 aliphatic carbocycles. The lowest BCUT2D eigenvalue weighted by atomic mass is 9.84. The van der Waals surface area contributed by atoms with Crippen LogP contribution in [0.3, 0.4) is 0 Å². The summed E-state index contributed by atoms with van der Waals surface area (Å²) in [5.74, 6) is 0.0444. The summed E-state index contributed by atoms with van der Waals surface area (Å²) in [7, 11) is 0. The van der Waals surface area contributed by atoms with E-state index in [9.17, 15) is 9.90 Å². The number of carboxylic acids is 1. The van der Waals surface area contributed by atoms with Crippen LogP contribution in [0.15, 0.2) is 82.4 Å². The molecule has 2 atom stereocenters. The highest BCUT2D eigenvalue weighted by Crippen LogP contribution is 2.46. The Morgan fingerprint density at radius 1 is 1.15 bits per heavy atom. The molecule has 4 aromatic rings. The molecule has 0 bridgehead atoms. The molecule has 3 aromatic carbocycles. The Kier molecular flexibility index (Phi) is 7.51. The Bertz CT molecular complexity index is 1630. The molecule has 0 fully saturated rings. The van der Waals surface area contributed by atoms with Crippen LogP contribution >= 0.6 is 34.8 Å². The van der Waals surface area contributed by atoms with Crippen molar-refractivity contribution in [2.24, 2.45) is 0 Å². The van der Waals surface area contributed by atoms with Crippen LogP contribution in [0.25, 0.3) is 21.9 Å². The smallest absolute Gasteiger partial charge is 0.336 e. The maximum absolute atomic E-state index is 11.6. The second kappa shape index (κ2) is 10.7. The Morgan fingerprint density at radius 3 is 2.64 bits per heavy atom. The van der Waals surface area contributed by atoms with Crippen LogP contribution in [0.2, 0.25) is 5.02 Å². The Balaban J connectivity index is 1.42. The number of hydrogen-bond acceptors (Lipinski definition) is 4. The van der Waals surface area contributed by atoms with Gasteiger partial charge in [0.25, 0.3) is 0 Å². The normalized spacial score (nSPS) is 18.9. The van der Waals surface area contributed by atoms with Gasteiger partial charge in [-0.25, -0.2) is 4.79 Å². The van der Waals surface area contributed by atoms with Gasteiger partial charge in [0.05, 0.1) is 26.9 Å². The van der Waals surface area contributed by atoms with E-state index in [1.807, 2.05) is 69.3 Å². The molecule has 1 aromatic heterocycles. The first kappa shape index (κ1) is 27.3. The van der Waals surface area contributed by atoms with E-state index in [1.165, 1.54) is 0 Å². The minimum Gasteiger partial charge on any atom is -0.489 e. The highest BCUT2D eigenvalue weighted by molar-refractivity contribution is 6.34. The van der Waals surface area contributed by atoms with Crippen molar-refractivity contribution in [1.29, 1.82) is 0 Å². The van der Waals surface area contributed by atoms with Crippen molar-refractivity contribution < 1.29 is 19.2 Å². The van der Waals surface area contributed by atoms with Crippen molar-refractivity contribution in [2.45, 2.75) is 44.1 Å². The van der Waals surface area contributed by atoms with E-state index in [0.717, 1.165) is 27.8 Å². The van der Waals surface area contributed by atoms with Crippen molar-refractivity contribution >= 4 is 51.5 Å². The Labute approximate surface area is 241 Å². The summed E-state index contributed by atoms with van der Waals surface area (Å²) in [5.41, 5.74) is 3.41. The zero-order chi connectivity index (χ0) is 27.9. The number of aromatic nitrogens is 1. The fraction of sp³-hybridized carbons (Fsp3) is 0.226. The third kappa shape index (κ3) is 5.31. The number of carboxylic acid groups (broad SMARTS) is 1. The minimum atomic E-state index is -0.960. The van der Waals surface area contributed by atoms with Crippen molar-refractivity contribution in [2.75, 3.05) is 0 Å². The average molecular weight is 583 g/mol. The molecule has 1 unspecified atom stereocenters. The predicted octanol–water partition coefficient (Wildman–Crippen LogP) is 9.32. The van der Waals surface area contributed by atoms with Crippen molar-refractivity contribution in [1.82, 2.24) is 5.16 Å². The summed E-state index contributed by atoms with van der Waals surface area (Å²) in [4.78, 5) is 10.8. The largest absolute Gasteiger partial charge is 0.489 e. The molecule has 5 nitrogen and oxygen atoms in total. The highest BCUT2D eigenvalue weighted by atomic mass is 35.5. The number of fused-ring (bicyclic) bond motifs is 1. The number of aromatic carboxylic acids is 1. The number of halogens is 3. The third-order valence-electron chi connectivity index (χ3n) is 6.91. The van der Waals surface area contributed by atoms with Gasteiger partial charge >= 0.3 is 5.97 Å². The van der Waals surface area contributed by atoms with E-state index in [4.69, 9.17) is 44.1 Å². The summed E-state index contributed by atoms with van der Waals surface area (Å²) in [6.07, 6.45) is 5.56. The molecule has 8 heteroatoms. The molecule has 0 saturated carbocycles. The summed E-state index contributed by atoms with van der Waals surface area (Å²) in [5, 5.41) is 16.4. The van der Waals surface area contributed by atoms with E-state index in [0.29, 0.717) is 26.9 Å². The Morgan fingerprint density at radius 2 is 1.95 bits per heavy atom. The van der Waals surface area contributed by atoms with Gasteiger partial charge < -0.3 is 14.4 Å². The molecular formula is C31H26Cl3NO4. The molecule has 0 saturated heterocycles. The standard InChI is InChI=1S/C31H26Cl3NO4/c1-17(2)29-24(28(35-39-29)27-25(32)8-5-13-31(27,3)34)16-38-20-10-12-22(26(33)15-20)19-9-11-21-18(14-19)6-4-7-23(21)30(36)37/h4-15,17,27H,16H2,1-3H3,(H,36,37)/t27?,31-/m1/s1. The van der Waals surface area contributed by atoms with Crippen LogP contribution in [-0.4, -0.2) is 21.1 Å². The molecule has 0 amide bonds.